The minimum absolute atomic E-state index is 0.0568. The lowest BCUT2D eigenvalue weighted by Crippen LogP contribution is -2.33. The lowest BCUT2D eigenvalue weighted by molar-refractivity contribution is -0.145. The number of carboxylic acid groups (broad SMARTS) is 2. The van der Waals surface area contributed by atoms with Crippen molar-refractivity contribution >= 4 is 30.3 Å². The number of carbonyl (C=O) groups is 2. The van der Waals surface area contributed by atoms with Crippen molar-refractivity contribution in [3.63, 3.8) is 0 Å². The Labute approximate surface area is 125 Å². The van der Waals surface area contributed by atoms with Crippen molar-refractivity contribution in [3.8, 4) is 0 Å². The molecular weight excluding hydrogens is 311 g/mol. The second-order valence-corrected chi connectivity index (χ2v) is 6.49. The molecule has 0 saturated heterocycles. The lowest BCUT2D eigenvalue weighted by atomic mass is 9.90. The molecule has 2 aromatic rings. The summed E-state index contributed by atoms with van der Waals surface area (Å²) in [5, 5.41) is 19.6. The highest BCUT2D eigenvalue weighted by Gasteiger charge is 2.47. The highest BCUT2D eigenvalue weighted by atomic mass is 31.2. The molecule has 0 amide bonds. The molecule has 22 heavy (non-hydrogen) atoms. The van der Waals surface area contributed by atoms with Crippen LogP contribution < -0.4 is 0 Å². The van der Waals surface area contributed by atoms with Crippen molar-refractivity contribution < 1.29 is 34.2 Å². The van der Waals surface area contributed by atoms with Crippen LogP contribution in [-0.4, -0.2) is 37.6 Å². The first-order valence-corrected chi connectivity index (χ1v) is 7.90. The van der Waals surface area contributed by atoms with Gasteiger partial charge in [-0.1, -0.05) is 42.5 Å². The second kappa shape index (κ2) is 5.88. The van der Waals surface area contributed by atoms with E-state index in [4.69, 9.17) is 5.11 Å². The number of hydrogen-bond acceptors (Lipinski definition) is 3. The SMILES string of the molecule is O=C(O)C(c1cccc2ccccc12)C(C(=O)O)P(=O)(O)O. The van der Waals surface area contributed by atoms with E-state index in [2.05, 4.69) is 0 Å². The van der Waals surface area contributed by atoms with Gasteiger partial charge in [0.2, 0.25) is 0 Å². The number of carboxylic acids is 2. The van der Waals surface area contributed by atoms with Gasteiger partial charge < -0.3 is 20.0 Å². The van der Waals surface area contributed by atoms with Gasteiger partial charge in [0.05, 0.1) is 0 Å². The van der Waals surface area contributed by atoms with E-state index in [0.29, 0.717) is 10.8 Å². The van der Waals surface area contributed by atoms with E-state index in [1.165, 1.54) is 12.1 Å². The van der Waals surface area contributed by atoms with Gasteiger partial charge in [0.25, 0.3) is 0 Å². The van der Waals surface area contributed by atoms with Crippen LogP contribution >= 0.6 is 7.60 Å². The fourth-order valence-electron chi connectivity index (χ4n) is 2.44. The fourth-order valence-corrected chi connectivity index (χ4v) is 3.40. The maximum Gasteiger partial charge on any atom is 0.341 e. The van der Waals surface area contributed by atoms with Gasteiger partial charge in [0.15, 0.2) is 5.66 Å². The minimum atomic E-state index is -5.17. The standard InChI is InChI=1S/C14H13O7P/c15-13(16)11(12(14(17)18)22(19,20)21)10-7-3-5-8-4-1-2-6-9(8)10/h1-7,11-12H,(H,15,16)(H,17,18)(H2,19,20,21). The molecule has 0 radical (unpaired) electrons. The Hall–Kier alpha value is -2.21. The smallest absolute Gasteiger partial charge is 0.341 e. The summed E-state index contributed by atoms with van der Waals surface area (Å²) in [7, 11) is -5.17. The van der Waals surface area contributed by atoms with Gasteiger partial charge >= 0.3 is 19.5 Å². The monoisotopic (exact) mass is 324 g/mol. The average Bonchev–Trinajstić information content (AvgIpc) is 2.42. The molecule has 8 heteroatoms. The molecule has 4 N–H and O–H groups in total. The molecule has 0 aliphatic rings. The van der Waals surface area contributed by atoms with Crippen LogP contribution in [0.3, 0.4) is 0 Å². The Morgan fingerprint density at radius 3 is 2.05 bits per heavy atom. The van der Waals surface area contributed by atoms with Crippen LogP contribution in [0.1, 0.15) is 11.5 Å². The first kappa shape index (κ1) is 16.2. The molecule has 0 aliphatic heterocycles. The Kier molecular flexibility index (Phi) is 4.32. The molecular formula is C14H13O7P. The van der Waals surface area contributed by atoms with Crippen LogP contribution in [0.15, 0.2) is 42.5 Å². The maximum atomic E-state index is 11.5. The third kappa shape index (κ3) is 3.01. The Morgan fingerprint density at radius 2 is 1.50 bits per heavy atom. The molecule has 0 fully saturated rings. The van der Waals surface area contributed by atoms with Gasteiger partial charge in [-0.3, -0.25) is 14.2 Å². The summed E-state index contributed by atoms with van der Waals surface area (Å²) >= 11 is 0. The van der Waals surface area contributed by atoms with Crippen molar-refractivity contribution in [1.29, 1.82) is 0 Å². The molecule has 0 saturated carbocycles. The van der Waals surface area contributed by atoms with E-state index in [1.54, 1.807) is 30.3 Å². The van der Waals surface area contributed by atoms with Crippen LogP contribution in [0.2, 0.25) is 0 Å². The van der Waals surface area contributed by atoms with Crippen molar-refractivity contribution in [2.24, 2.45) is 0 Å². The zero-order valence-electron chi connectivity index (χ0n) is 11.2. The van der Waals surface area contributed by atoms with Gasteiger partial charge in [0, 0.05) is 0 Å². The zero-order valence-corrected chi connectivity index (χ0v) is 12.1. The molecule has 0 aromatic heterocycles. The van der Waals surface area contributed by atoms with Crippen LogP contribution in [0, 0.1) is 0 Å². The summed E-state index contributed by atoms with van der Waals surface area (Å²) in [6, 6.07) is 11.2. The third-order valence-corrected chi connectivity index (χ3v) is 4.60. The van der Waals surface area contributed by atoms with E-state index in [-0.39, 0.29) is 5.56 Å². The second-order valence-electron chi connectivity index (χ2n) is 4.76. The minimum Gasteiger partial charge on any atom is -0.481 e. The Balaban J connectivity index is 2.73. The van der Waals surface area contributed by atoms with Crippen molar-refractivity contribution in [2.45, 2.75) is 11.6 Å². The normalized spacial score (nSPS) is 14.5. The van der Waals surface area contributed by atoms with Gasteiger partial charge in [-0.15, -0.1) is 0 Å². The Bertz CT molecular complexity index is 774. The quantitative estimate of drug-likeness (QED) is 0.615. The average molecular weight is 324 g/mol. The van der Waals surface area contributed by atoms with Crippen LogP contribution in [0.5, 0.6) is 0 Å². The summed E-state index contributed by atoms with van der Waals surface area (Å²) in [5.41, 5.74) is -2.29. The maximum absolute atomic E-state index is 11.5. The summed E-state index contributed by atoms with van der Waals surface area (Å²) in [6.07, 6.45) is 0. The number of rotatable bonds is 5. The molecule has 2 rings (SSSR count). The van der Waals surface area contributed by atoms with Gasteiger partial charge in [-0.2, -0.15) is 0 Å². The van der Waals surface area contributed by atoms with E-state index in [0.717, 1.165) is 0 Å². The molecule has 2 aromatic carbocycles. The summed E-state index contributed by atoms with van der Waals surface area (Å²) < 4.78 is 11.5. The van der Waals surface area contributed by atoms with E-state index in [1.807, 2.05) is 0 Å². The molecule has 116 valence electrons. The lowest BCUT2D eigenvalue weighted by Gasteiger charge is -2.22. The summed E-state index contributed by atoms with van der Waals surface area (Å²) in [5.74, 6) is -5.31. The van der Waals surface area contributed by atoms with Gasteiger partial charge in [-0.25, -0.2) is 0 Å². The first-order valence-electron chi connectivity index (χ1n) is 6.22. The molecule has 2 atom stereocenters. The number of hydrogen-bond donors (Lipinski definition) is 4. The van der Waals surface area contributed by atoms with Crippen LogP contribution in [0.4, 0.5) is 0 Å². The molecule has 2 unspecified atom stereocenters. The predicted molar refractivity (Wildman–Crippen MR) is 77.8 cm³/mol. The highest BCUT2D eigenvalue weighted by molar-refractivity contribution is 7.53. The van der Waals surface area contributed by atoms with E-state index in [9.17, 15) is 29.0 Å². The first-order chi connectivity index (χ1) is 10.2. The third-order valence-electron chi connectivity index (χ3n) is 3.36. The van der Waals surface area contributed by atoms with Crippen molar-refractivity contribution in [1.82, 2.24) is 0 Å². The molecule has 7 nitrogen and oxygen atoms in total. The Morgan fingerprint density at radius 1 is 0.909 bits per heavy atom. The zero-order chi connectivity index (χ0) is 16.5. The van der Waals surface area contributed by atoms with E-state index < -0.39 is 31.1 Å². The van der Waals surface area contributed by atoms with Gasteiger partial charge in [0.1, 0.15) is 5.92 Å². The molecule has 0 bridgehead atoms. The van der Waals surface area contributed by atoms with Crippen LogP contribution in [0.25, 0.3) is 10.8 Å². The fraction of sp³-hybridized carbons (Fsp3) is 0.143. The number of fused-ring (bicyclic) bond motifs is 1. The number of aliphatic carboxylic acids is 2. The molecule has 0 aliphatic carbocycles. The highest BCUT2D eigenvalue weighted by Crippen LogP contribution is 2.49. The largest absolute Gasteiger partial charge is 0.481 e. The van der Waals surface area contributed by atoms with Gasteiger partial charge in [-0.05, 0) is 16.3 Å². The summed E-state index contributed by atoms with van der Waals surface area (Å²) in [4.78, 5) is 41.3. The molecule has 0 spiro atoms. The van der Waals surface area contributed by atoms with Crippen molar-refractivity contribution in [3.05, 3.63) is 48.0 Å². The van der Waals surface area contributed by atoms with Crippen LogP contribution in [-0.2, 0) is 14.2 Å². The summed E-state index contributed by atoms with van der Waals surface area (Å²) in [6.45, 7) is 0. The van der Waals surface area contributed by atoms with Crippen molar-refractivity contribution in [2.75, 3.05) is 0 Å². The molecule has 0 heterocycles. The number of benzene rings is 2. The predicted octanol–water partition coefficient (Wildman–Crippen LogP) is 1.64. The van der Waals surface area contributed by atoms with E-state index >= 15 is 0 Å². The topological polar surface area (TPSA) is 132 Å².